The van der Waals surface area contributed by atoms with E-state index in [1.54, 1.807) is 7.11 Å². The molecule has 0 aromatic heterocycles. The summed E-state index contributed by atoms with van der Waals surface area (Å²) < 4.78 is 5.14. The van der Waals surface area contributed by atoms with Crippen molar-refractivity contribution in [2.24, 2.45) is 5.92 Å². The molecule has 108 valence electrons. The first kappa shape index (κ1) is 15.9. The summed E-state index contributed by atoms with van der Waals surface area (Å²) in [6.45, 7) is 9.62. The summed E-state index contributed by atoms with van der Waals surface area (Å²) in [5, 5.41) is 10.8. The molecule has 2 unspecified atom stereocenters. The van der Waals surface area contributed by atoms with E-state index < -0.39 is 0 Å². The van der Waals surface area contributed by atoms with E-state index in [0.29, 0.717) is 5.92 Å². The molecule has 1 N–H and O–H groups in total. The number of aliphatic hydroxyl groups excluding tert-OH is 1. The van der Waals surface area contributed by atoms with Gasteiger partial charge in [-0.05, 0) is 51.1 Å². The standard InChI is InChI=1S/C15H31NO2/c1-5-15(6-2,16-10-7-8-11-16)14(17)13(3)9-12-18-4/h13-14,17H,5-12H2,1-4H3. The highest BCUT2D eigenvalue weighted by molar-refractivity contribution is 4.98. The summed E-state index contributed by atoms with van der Waals surface area (Å²) in [7, 11) is 1.73. The molecule has 0 bridgehead atoms. The number of hydrogen-bond acceptors (Lipinski definition) is 3. The smallest absolute Gasteiger partial charge is 0.0749 e. The minimum Gasteiger partial charge on any atom is -0.391 e. The van der Waals surface area contributed by atoms with Crippen LogP contribution in [0.25, 0.3) is 0 Å². The monoisotopic (exact) mass is 257 g/mol. The van der Waals surface area contributed by atoms with Crippen LogP contribution in [0.3, 0.4) is 0 Å². The number of hydrogen-bond donors (Lipinski definition) is 1. The van der Waals surface area contributed by atoms with Gasteiger partial charge >= 0.3 is 0 Å². The second-order valence-corrected chi connectivity index (χ2v) is 5.71. The summed E-state index contributed by atoms with van der Waals surface area (Å²) in [6.07, 6.45) is 5.31. The van der Waals surface area contributed by atoms with Gasteiger partial charge in [0.2, 0.25) is 0 Å². The van der Waals surface area contributed by atoms with Crippen molar-refractivity contribution in [3.05, 3.63) is 0 Å². The Morgan fingerprint density at radius 1 is 1.22 bits per heavy atom. The highest BCUT2D eigenvalue weighted by Crippen LogP contribution is 2.35. The fraction of sp³-hybridized carbons (Fsp3) is 1.00. The average molecular weight is 257 g/mol. The maximum atomic E-state index is 10.8. The van der Waals surface area contributed by atoms with E-state index in [2.05, 4.69) is 25.7 Å². The van der Waals surface area contributed by atoms with Gasteiger partial charge in [-0.3, -0.25) is 4.90 Å². The largest absolute Gasteiger partial charge is 0.391 e. The molecule has 0 aliphatic carbocycles. The van der Waals surface area contributed by atoms with E-state index >= 15 is 0 Å². The van der Waals surface area contributed by atoms with Crippen LogP contribution in [0, 0.1) is 5.92 Å². The van der Waals surface area contributed by atoms with Gasteiger partial charge in [-0.2, -0.15) is 0 Å². The molecule has 1 heterocycles. The Hall–Kier alpha value is -0.120. The number of ether oxygens (including phenoxy) is 1. The van der Waals surface area contributed by atoms with Crippen molar-refractivity contribution in [3.63, 3.8) is 0 Å². The van der Waals surface area contributed by atoms with Crippen LogP contribution in [0.2, 0.25) is 0 Å². The Morgan fingerprint density at radius 3 is 2.22 bits per heavy atom. The third-order valence-electron chi connectivity index (χ3n) is 4.83. The van der Waals surface area contributed by atoms with Crippen LogP contribution in [-0.2, 0) is 4.74 Å². The first-order valence-electron chi connectivity index (χ1n) is 7.54. The van der Waals surface area contributed by atoms with E-state index in [1.165, 1.54) is 12.8 Å². The zero-order valence-corrected chi connectivity index (χ0v) is 12.6. The summed E-state index contributed by atoms with van der Waals surface area (Å²) >= 11 is 0. The second-order valence-electron chi connectivity index (χ2n) is 5.71. The third-order valence-corrected chi connectivity index (χ3v) is 4.83. The lowest BCUT2D eigenvalue weighted by Crippen LogP contribution is -2.57. The first-order chi connectivity index (χ1) is 8.62. The van der Waals surface area contributed by atoms with Gasteiger partial charge in [0.1, 0.15) is 0 Å². The van der Waals surface area contributed by atoms with Crippen LogP contribution >= 0.6 is 0 Å². The predicted molar refractivity (Wildman–Crippen MR) is 75.8 cm³/mol. The van der Waals surface area contributed by atoms with Gasteiger partial charge in [-0.25, -0.2) is 0 Å². The minimum absolute atomic E-state index is 0.0241. The normalized spacial score (nSPS) is 21.2. The molecule has 0 amide bonds. The number of likely N-dealkylation sites (tertiary alicyclic amines) is 1. The molecule has 1 rings (SSSR count). The van der Waals surface area contributed by atoms with E-state index in [1.807, 2.05) is 0 Å². The minimum atomic E-state index is -0.249. The molecule has 0 saturated carbocycles. The molecule has 1 aliphatic heterocycles. The molecule has 1 fully saturated rings. The van der Waals surface area contributed by atoms with Crippen molar-refractivity contribution in [1.29, 1.82) is 0 Å². The molecule has 18 heavy (non-hydrogen) atoms. The van der Waals surface area contributed by atoms with Crippen LogP contribution in [0.15, 0.2) is 0 Å². The van der Waals surface area contributed by atoms with Gasteiger partial charge in [0, 0.05) is 19.3 Å². The van der Waals surface area contributed by atoms with Gasteiger partial charge in [-0.15, -0.1) is 0 Å². The summed E-state index contributed by atoms with van der Waals surface area (Å²) in [5.41, 5.74) is -0.0241. The lowest BCUT2D eigenvalue weighted by atomic mass is 9.78. The predicted octanol–water partition coefficient (Wildman–Crippen LogP) is 2.67. The topological polar surface area (TPSA) is 32.7 Å². The molecule has 0 radical (unpaired) electrons. The Morgan fingerprint density at radius 2 is 1.78 bits per heavy atom. The summed E-state index contributed by atoms with van der Waals surface area (Å²) in [4.78, 5) is 2.53. The van der Waals surface area contributed by atoms with Crippen molar-refractivity contribution in [2.75, 3.05) is 26.8 Å². The second kappa shape index (κ2) is 7.46. The number of aliphatic hydroxyl groups is 1. The molecule has 3 nitrogen and oxygen atoms in total. The van der Waals surface area contributed by atoms with Crippen LogP contribution in [0.5, 0.6) is 0 Å². The lowest BCUT2D eigenvalue weighted by molar-refractivity contribution is -0.0597. The van der Waals surface area contributed by atoms with Gasteiger partial charge in [-0.1, -0.05) is 20.8 Å². The Balaban J connectivity index is 2.75. The van der Waals surface area contributed by atoms with Crippen molar-refractivity contribution >= 4 is 0 Å². The van der Waals surface area contributed by atoms with Crippen LogP contribution in [-0.4, -0.2) is 48.5 Å². The highest BCUT2D eigenvalue weighted by Gasteiger charge is 2.43. The van der Waals surface area contributed by atoms with Crippen molar-refractivity contribution in [3.8, 4) is 0 Å². The third kappa shape index (κ3) is 3.25. The lowest BCUT2D eigenvalue weighted by Gasteiger charge is -2.46. The van der Waals surface area contributed by atoms with Crippen molar-refractivity contribution in [1.82, 2.24) is 4.90 Å². The van der Waals surface area contributed by atoms with Gasteiger partial charge in [0.05, 0.1) is 6.10 Å². The number of rotatable bonds is 8. The first-order valence-corrected chi connectivity index (χ1v) is 7.54. The van der Waals surface area contributed by atoms with E-state index in [-0.39, 0.29) is 11.6 Å². The fourth-order valence-corrected chi connectivity index (χ4v) is 3.46. The fourth-order valence-electron chi connectivity index (χ4n) is 3.46. The van der Waals surface area contributed by atoms with E-state index in [4.69, 9.17) is 4.74 Å². The maximum Gasteiger partial charge on any atom is 0.0749 e. The molecule has 1 saturated heterocycles. The molecule has 0 aromatic carbocycles. The molecular formula is C15H31NO2. The van der Waals surface area contributed by atoms with Gasteiger partial charge < -0.3 is 9.84 Å². The highest BCUT2D eigenvalue weighted by atomic mass is 16.5. The molecule has 3 heteroatoms. The van der Waals surface area contributed by atoms with Crippen LogP contribution in [0.4, 0.5) is 0 Å². The zero-order chi connectivity index (χ0) is 13.6. The molecule has 0 spiro atoms. The van der Waals surface area contributed by atoms with Gasteiger partial charge in [0.25, 0.3) is 0 Å². The number of nitrogens with zero attached hydrogens (tertiary/aromatic N) is 1. The Labute approximate surface area is 113 Å². The maximum absolute atomic E-state index is 10.8. The molecule has 0 aromatic rings. The quantitative estimate of drug-likeness (QED) is 0.725. The van der Waals surface area contributed by atoms with Crippen molar-refractivity contribution < 1.29 is 9.84 Å². The van der Waals surface area contributed by atoms with Crippen LogP contribution < -0.4 is 0 Å². The Bertz CT molecular complexity index is 223. The molecule has 1 aliphatic rings. The summed E-state index contributed by atoms with van der Waals surface area (Å²) in [6, 6.07) is 0. The zero-order valence-electron chi connectivity index (χ0n) is 12.6. The average Bonchev–Trinajstić information content (AvgIpc) is 2.92. The van der Waals surface area contributed by atoms with Gasteiger partial charge in [0.15, 0.2) is 0 Å². The van der Waals surface area contributed by atoms with Crippen molar-refractivity contribution in [2.45, 2.75) is 64.5 Å². The SMILES string of the molecule is CCC(CC)(C(O)C(C)CCOC)N1CCCC1. The summed E-state index contributed by atoms with van der Waals surface area (Å²) in [5.74, 6) is 0.297. The van der Waals surface area contributed by atoms with Crippen LogP contribution in [0.1, 0.15) is 52.9 Å². The number of methoxy groups -OCH3 is 1. The Kier molecular flexibility index (Phi) is 6.61. The molecular weight excluding hydrogens is 226 g/mol. The van der Waals surface area contributed by atoms with E-state index in [9.17, 15) is 5.11 Å². The molecule has 2 atom stereocenters. The van der Waals surface area contributed by atoms with E-state index in [0.717, 1.165) is 39.0 Å².